The van der Waals surface area contributed by atoms with Gasteiger partial charge < -0.3 is 4.74 Å². The molecule has 0 aliphatic carbocycles. The van der Waals surface area contributed by atoms with E-state index in [2.05, 4.69) is 31.0 Å². The summed E-state index contributed by atoms with van der Waals surface area (Å²) in [6.45, 7) is 2.17. The summed E-state index contributed by atoms with van der Waals surface area (Å²) in [5.41, 5.74) is 1.20. The van der Waals surface area contributed by atoms with E-state index in [1.54, 1.807) is 19.3 Å². The summed E-state index contributed by atoms with van der Waals surface area (Å²) in [6.07, 6.45) is 3.12. The topological polar surface area (TPSA) is 69.9 Å². The second-order valence-electron chi connectivity index (χ2n) is 3.01. The summed E-state index contributed by atoms with van der Waals surface area (Å²) in [7, 11) is 0. The zero-order chi connectivity index (χ0) is 11.5. The van der Waals surface area contributed by atoms with Crippen LogP contribution < -0.4 is 0 Å². The Labute approximate surface area is 99.8 Å². The molecule has 0 aromatic carbocycles. The molecule has 0 spiro atoms. The molecule has 0 bridgehead atoms. The average molecular weight is 285 g/mol. The summed E-state index contributed by atoms with van der Waals surface area (Å²) in [4.78, 5) is 19.6. The second-order valence-corrected chi connectivity index (χ2v) is 3.82. The second kappa shape index (κ2) is 4.56. The Morgan fingerprint density at radius 1 is 1.56 bits per heavy atom. The van der Waals surface area contributed by atoms with Crippen molar-refractivity contribution in [2.75, 3.05) is 6.61 Å². The fraction of sp³-hybridized carbons (Fsp3) is 0.333. The lowest BCUT2D eigenvalue weighted by Gasteiger charge is -2.02. The zero-order valence-corrected chi connectivity index (χ0v) is 10.1. The van der Waals surface area contributed by atoms with Gasteiger partial charge in [0.2, 0.25) is 0 Å². The fourth-order valence-corrected chi connectivity index (χ4v) is 1.58. The third-order valence-electron chi connectivity index (χ3n) is 1.90. The van der Waals surface area contributed by atoms with Crippen molar-refractivity contribution in [1.82, 2.24) is 19.7 Å². The van der Waals surface area contributed by atoms with Crippen LogP contribution in [0, 0.1) is 0 Å². The molecule has 6 nitrogen and oxygen atoms in total. The molecule has 2 aromatic rings. The Hall–Kier alpha value is -1.50. The first kappa shape index (κ1) is 11.0. The van der Waals surface area contributed by atoms with E-state index in [4.69, 9.17) is 4.74 Å². The van der Waals surface area contributed by atoms with Crippen LogP contribution in [0.5, 0.6) is 0 Å². The van der Waals surface area contributed by atoms with Crippen LogP contribution >= 0.6 is 15.9 Å². The highest BCUT2D eigenvalue weighted by molar-refractivity contribution is 9.10. The monoisotopic (exact) mass is 284 g/mol. The largest absolute Gasteiger partial charge is 0.465 e. The molecule has 0 saturated heterocycles. The predicted molar refractivity (Wildman–Crippen MR) is 59.7 cm³/mol. The first-order valence-corrected chi connectivity index (χ1v) is 5.49. The highest BCUT2D eigenvalue weighted by Gasteiger charge is 2.10. The standard InChI is InChI=1S/C9H9BrN4O2/c1-2-16-8(15)5-14-9-6(3-12-14)13-7(10)4-11-9/h3-4H,2,5H2,1H3. The van der Waals surface area contributed by atoms with Crippen LogP contribution in [0.3, 0.4) is 0 Å². The number of carbonyl (C=O) groups excluding carboxylic acids is 1. The van der Waals surface area contributed by atoms with Crippen molar-refractivity contribution in [1.29, 1.82) is 0 Å². The highest BCUT2D eigenvalue weighted by Crippen LogP contribution is 2.12. The SMILES string of the molecule is CCOC(=O)Cn1ncc2nc(Br)cnc21. The van der Waals surface area contributed by atoms with E-state index in [0.717, 1.165) is 0 Å². The molecular formula is C9H9BrN4O2. The van der Waals surface area contributed by atoms with Crippen molar-refractivity contribution in [2.45, 2.75) is 13.5 Å². The van der Waals surface area contributed by atoms with Gasteiger partial charge in [0.1, 0.15) is 16.7 Å². The average Bonchev–Trinajstić information content (AvgIpc) is 2.61. The van der Waals surface area contributed by atoms with Crippen LogP contribution in [0.15, 0.2) is 17.0 Å². The molecule has 0 amide bonds. The smallest absolute Gasteiger partial charge is 0.327 e. The Morgan fingerprint density at radius 3 is 3.12 bits per heavy atom. The summed E-state index contributed by atoms with van der Waals surface area (Å²) >= 11 is 3.22. The maximum Gasteiger partial charge on any atom is 0.327 e. The van der Waals surface area contributed by atoms with Crippen LogP contribution in [0.2, 0.25) is 0 Å². The summed E-state index contributed by atoms with van der Waals surface area (Å²) in [5, 5.41) is 4.03. The number of aromatic nitrogens is 4. The Morgan fingerprint density at radius 2 is 2.38 bits per heavy atom. The van der Waals surface area contributed by atoms with Gasteiger partial charge in [-0.1, -0.05) is 0 Å². The van der Waals surface area contributed by atoms with Crippen molar-refractivity contribution < 1.29 is 9.53 Å². The molecule has 0 saturated carbocycles. The van der Waals surface area contributed by atoms with E-state index in [1.165, 1.54) is 4.68 Å². The maximum atomic E-state index is 11.3. The Balaban J connectivity index is 2.28. The Bertz CT molecular complexity index is 525. The van der Waals surface area contributed by atoms with Crippen molar-refractivity contribution in [3.63, 3.8) is 0 Å². The van der Waals surface area contributed by atoms with Gasteiger partial charge in [-0.3, -0.25) is 4.79 Å². The van der Waals surface area contributed by atoms with E-state index in [-0.39, 0.29) is 12.5 Å². The number of carbonyl (C=O) groups is 1. The zero-order valence-electron chi connectivity index (χ0n) is 8.55. The van der Waals surface area contributed by atoms with E-state index < -0.39 is 0 Å². The van der Waals surface area contributed by atoms with Crippen LogP contribution in [-0.2, 0) is 16.1 Å². The van der Waals surface area contributed by atoms with Gasteiger partial charge in [0.05, 0.1) is 19.0 Å². The third kappa shape index (κ3) is 2.19. The van der Waals surface area contributed by atoms with Crippen LogP contribution in [0.1, 0.15) is 6.92 Å². The number of hydrogen-bond acceptors (Lipinski definition) is 5. The number of ether oxygens (including phenoxy) is 1. The van der Waals surface area contributed by atoms with Gasteiger partial charge in [0.15, 0.2) is 5.65 Å². The van der Waals surface area contributed by atoms with Crippen LogP contribution in [0.25, 0.3) is 11.2 Å². The summed E-state index contributed by atoms with van der Waals surface area (Å²) in [5.74, 6) is -0.336. The van der Waals surface area contributed by atoms with Crippen molar-refractivity contribution in [3.8, 4) is 0 Å². The first-order valence-electron chi connectivity index (χ1n) is 4.70. The molecule has 0 aliphatic heterocycles. The highest BCUT2D eigenvalue weighted by atomic mass is 79.9. The van der Waals surface area contributed by atoms with Crippen molar-refractivity contribution in [2.24, 2.45) is 0 Å². The quantitative estimate of drug-likeness (QED) is 0.791. The van der Waals surface area contributed by atoms with Gasteiger partial charge in [0.25, 0.3) is 0 Å². The Kier molecular flexibility index (Phi) is 3.14. The molecule has 0 aliphatic rings. The summed E-state index contributed by atoms with van der Waals surface area (Å²) in [6, 6.07) is 0. The predicted octanol–water partition coefficient (Wildman–Crippen LogP) is 1.15. The van der Waals surface area contributed by atoms with Crippen molar-refractivity contribution >= 4 is 33.1 Å². The van der Waals surface area contributed by atoms with Crippen molar-refractivity contribution in [3.05, 3.63) is 17.0 Å². The molecule has 0 fully saturated rings. The number of halogens is 1. The first-order chi connectivity index (χ1) is 7.70. The van der Waals surface area contributed by atoms with Gasteiger partial charge in [-0.05, 0) is 22.9 Å². The minimum atomic E-state index is -0.336. The lowest BCUT2D eigenvalue weighted by Crippen LogP contribution is -2.14. The van der Waals surface area contributed by atoms with Gasteiger partial charge in [0, 0.05) is 0 Å². The molecule has 2 aromatic heterocycles. The fourth-order valence-electron chi connectivity index (χ4n) is 1.28. The third-order valence-corrected chi connectivity index (χ3v) is 2.28. The molecule has 84 valence electrons. The van der Waals surface area contributed by atoms with E-state index in [9.17, 15) is 4.79 Å². The number of nitrogens with zero attached hydrogens (tertiary/aromatic N) is 4. The molecule has 0 radical (unpaired) electrons. The molecule has 16 heavy (non-hydrogen) atoms. The molecule has 2 rings (SSSR count). The van der Waals surface area contributed by atoms with E-state index in [1.807, 2.05) is 0 Å². The van der Waals surface area contributed by atoms with Gasteiger partial charge >= 0.3 is 5.97 Å². The minimum Gasteiger partial charge on any atom is -0.465 e. The normalized spacial score (nSPS) is 10.6. The molecule has 2 heterocycles. The minimum absolute atomic E-state index is 0.0493. The number of hydrogen-bond donors (Lipinski definition) is 0. The maximum absolute atomic E-state index is 11.3. The number of esters is 1. The number of rotatable bonds is 3. The molecule has 0 unspecified atom stereocenters. The van der Waals surface area contributed by atoms with Crippen LogP contribution in [0.4, 0.5) is 0 Å². The van der Waals surface area contributed by atoms with E-state index >= 15 is 0 Å². The van der Waals surface area contributed by atoms with Crippen LogP contribution in [-0.4, -0.2) is 32.3 Å². The lowest BCUT2D eigenvalue weighted by atomic mass is 10.5. The van der Waals surface area contributed by atoms with Gasteiger partial charge in [-0.25, -0.2) is 14.6 Å². The molecular weight excluding hydrogens is 276 g/mol. The molecule has 7 heteroatoms. The molecule has 0 atom stereocenters. The summed E-state index contributed by atoms with van der Waals surface area (Å²) < 4.78 is 6.93. The number of fused-ring (bicyclic) bond motifs is 1. The van der Waals surface area contributed by atoms with Gasteiger partial charge in [-0.15, -0.1) is 0 Å². The lowest BCUT2D eigenvalue weighted by molar-refractivity contribution is -0.143. The van der Waals surface area contributed by atoms with E-state index in [0.29, 0.717) is 22.4 Å². The van der Waals surface area contributed by atoms with Gasteiger partial charge in [-0.2, -0.15) is 5.10 Å². The molecule has 0 N–H and O–H groups in total.